The Hall–Kier alpha value is -1.15. The largest absolute Gasteiger partial charge is 0.397 e. The van der Waals surface area contributed by atoms with Crippen molar-refractivity contribution in [3.63, 3.8) is 0 Å². The lowest BCUT2D eigenvalue weighted by Gasteiger charge is -2.05. The molecule has 3 heteroatoms. The Morgan fingerprint density at radius 2 is 1.92 bits per heavy atom. The van der Waals surface area contributed by atoms with Gasteiger partial charge in [-0.15, -0.1) is 11.6 Å². The van der Waals surface area contributed by atoms with Crippen LogP contribution in [-0.2, 0) is 0 Å². The van der Waals surface area contributed by atoms with E-state index in [-0.39, 0.29) is 0 Å². The summed E-state index contributed by atoms with van der Waals surface area (Å²) in [5.74, 6) is 0.504. The van der Waals surface area contributed by atoms with Crippen LogP contribution in [0.1, 0.15) is 11.1 Å². The molecule has 0 aliphatic rings. The standard InChI is InChI=1S/C10H13ClN2/c1-7-5-9(12)10(13)6-8(7)3-2-4-11/h2-3,5-6H,4,12-13H2,1H3. The zero-order chi connectivity index (χ0) is 9.84. The molecule has 0 aliphatic carbocycles. The Morgan fingerprint density at radius 3 is 2.54 bits per heavy atom. The molecular weight excluding hydrogens is 184 g/mol. The van der Waals surface area contributed by atoms with E-state index in [4.69, 9.17) is 23.1 Å². The van der Waals surface area contributed by atoms with Crippen LogP contribution >= 0.6 is 11.6 Å². The average Bonchev–Trinajstić information content (AvgIpc) is 2.09. The number of rotatable bonds is 2. The zero-order valence-electron chi connectivity index (χ0n) is 7.55. The Morgan fingerprint density at radius 1 is 1.31 bits per heavy atom. The van der Waals surface area contributed by atoms with Crippen LogP contribution in [0.3, 0.4) is 0 Å². The summed E-state index contributed by atoms with van der Waals surface area (Å²) in [5.41, 5.74) is 14.7. The second-order valence-electron chi connectivity index (χ2n) is 2.89. The first-order valence-electron chi connectivity index (χ1n) is 4.03. The van der Waals surface area contributed by atoms with Crippen molar-refractivity contribution in [3.05, 3.63) is 29.3 Å². The highest BCUT2D eigenvalue weighted by Gasteiger charge is 1.99. The van der Waals surface area contributed by atoms with Crippen molar-refractivity contribution in [2.24, 2.45) is 0 Å². The molecule has 0 bridgehead atoms. The van der Waals surface area contributed by atoms with Crippen LogP contribution in [-0.4, -0.2) is 5.88 Å². The van der Waals surface area contributed by atoms with E-state index in [0.717, 1.165) is 11.1 Å². The number of alkyl halides is 1. The van der Waals surface area contributed by atoms with Gasteiger partial charge in [-0.1, -0.05) is 12.2 Å². The van der Waals surface area contributed by atoms with E-state index in [1.54, 1.807) is 0 Å². The van der Waals surface area contributed by atoms with Crippen LogP contribution in [0.4, 0.5) is 11.4 Å². The second kappa shape index (κ2) is 4.19. The number of aryl methyl sites for hydroxylation is 1. The Labute approximate surface area is 83.2 Å². The van der Waals surface area contributed by atoms with Crippen molar-refractivity contribution in [2.45, 2.75) is 6.92 Å². The summed E-state index contributed by atoms with van der Waals surface area (Å²) in [7, 11) is 0. The fourth-order valence-corrected chi connectivity index (χ4v) is 1.20. The maximum absolute atomic E-state index is 5.67. The molecule has 1 aromatic carbocycles. The number of anilines is 2. The molecule has 4 N–H and O–H groups in total. The fourth-order valence-electron chi connectivity index (χ4n) is 1.12. The molecule has 0 atom stereocenters. The van der Waals surface area contributed by atoms with Gasteiger partial charge < -0.3 is 11.5 Å². The van der Waals surface area contributed by atoms with Gasteiger partial charge >= 0.3 is 0 Å². The van der Waals surface area contributed by atoms with Crippen LogP contribution in [0.15, 0.2) is 18.2 Å². The number of nitrogens with two attached hydrogens (primary N) is 2. The first kappa shape index (κ1) is 9.93. The van der Waals surface area contributed by atoms with Gasteiger partial charge in [-0.3, -0.25) is 0 Å². The summed E-state index contributed by atoms with van der Waals surface area (Å²) in [6.07, 6.45) is 3.82. The van der Waals surface area contributed by atoms with Crippen LogP contribution in [0.25, 0.3) is 6.08 Å². The van der Waals surface area contributed by atoms with E-state index in [2.05, 4.69) is 0 Å². The molecule has 13 heavy (non-hydrogen) atoms. The molecule has 0 aromatic heterocycles. The van der Waals surface area contributed by atoms with Gasteiger partial charge in [0.05, 0.1) is 11.4 Å². The molecule has 0 heterocycles. The molecule has 1 aromatic rings. The minimum absolute atomic E-state index is 0.504. The van der Waals surface area contributed by atoms with Crippen molar-refractivity contribution in [2.75, 3.05) is 17.3 Å². The average molecular weight is 197 g/mol. The lowest BCUT2D eigenvalue weighted by molar-refractivity contribution is 1.44. The van der Waals surface area contributed by atoms with E-state index in [0.29, 0.717) is 17.3 Å². The molecule has 0 aliphatic heterocycles. The van der Waals surface area contributed by atoms with Crippen molar-refractivity contribution >= 4 is 29.1 Å². The Balaban J connectivity index is 3.08. The molecule has 0 unspecified atom stereocenters. The van der Waals surface area contributed by atoms with Gasteiger partial charge in [0.25, 0.3) is 0 Å². The quantitative estimate of drug-likeness (QED) is 0.564. The van der Waals surface area contributed by atoms with Crippen molar-refractivity contribution in [1.82, 2.24) is 0 Å². The molecule has 0 spiro atoms. The monoisotopic (exact) mass is 196 g/mol. The third-order valence-electron chi connectivity index (χ3n) is 1.86. The van der Waals surface area contributed by atoms with Gasteiger partial charge in [-0.2, -0.15) is 0 Å². The van der Waals surface area contributed by atoms with Crippen molar-refractivity contribution < 1.29 is 0 Å². The Bertz CT molecular complexity index is 332. The SMILES string of the molecule is Cc1cc(N)c(N)cc1C=CCCl. The minimum Gasteiger partial charge on any atom is -0.397 e. The van der Waals surface area contributed by atoms with E-state index in [1.807, 2.05) is 31.2 Å². The summed E-state index contributed by atoms with van der Waals surface area (Å²) in [5, 5.41) is 0. The van der Waals surface area contributed by atoms with Crippen LogP contribution in [0, 0.1) is 6.92 Å². The number of hydrogen-bond donors (Lipinski definition) is 2. The van der Waals surface area contributed by atoms with E-state index in [9.17, 15) is 0 Å². The first-order chi connectivity index (χ1) is 6.15. The molecular formula is C10H13ClN2. The van der Waals surface area contributed by atoms with Gasteiger partial charge in [0, 0.05) is 5.88 Å². The second-order valence-corrected chi connectivity index (χ2v) is 3.20. The Kier molecular flexibility index (Phi) is 3.20. The zero-order valence-corrected chi connectivity index (χ0v) is 8.31. The predicted molar refractivity (Wildman–Crippen MR) is 59.8 cm³/mol. The molecule has 2 nitrogen and oxygen atoms in total. The molecule has 0 fully saturated rings. The van der Waals surface area contributed by atoms with Crippen LogP contribution < -0.4 is 11.5 Å². The molecule has 70 valence electrons. The molecule has 1 rings (SSSR count). The summed E-state index contributed by atoms with van der Waals surface area (Å²) in [4.78, 5) is 0. The van der Waals surface area contributed by atoms with Crippen molar-refractivity contribution in [1.29, 1.82) is 0 Å². The highest BCUT2D eigenvalue weighted by Crippen LogP contribution is 2.21. The van der Waals surface area contributed by atoms with E-state index in [1.165, 1.54) is 0 Å². The van der Waals surface area contributed by atoms with Gasteiger partial charge in [0.2, 0.25) is 0 Å². The number of benzene rings is 1. The molecule has 0 amide bonds. The topological polar surface area (TPSA) is 52.0 Å². The highest BCUT2D eigenvalue weighted by atomic mass is 35.5. The summed E-state index contributed by atoms with van der Waals surface area (Å²) in [6.45, 7) is 1.99. The predicted octanol–water partition coefficient (Wildman–Crippen LogP) is 2.41. The third kappa shape index (κ3) is 2.39. The lowest BCUT2D eigenvalue weighted by atomic mass is 10.1. The number of hydrogen-bond acceptors (Lipinski definition) is 2. The smallest absolute Gasteiger partial charge is 0.0553 e. The molecule has 0 saturated heterocycles. The molecule has 0 saturated carbocycles. The highest BCUT2D eigenvalue weighted by molar-refractivity contribution is 6.19. The first-order valence-corrected chi connectivity index (χ1v) is 4.56. The fraction of sp³-hybridized carbons (Fsp3) is 0.200. The van der Waals surface area contributed by atoms with Gasteiger partial charge in [0.15, 0.2) is 0 Å². The van der Waals surface area contributed by atoms with Gasteiger partial charge in [-0.05, 0) is 30.2 Å². The van der Waals surface area contributed by atoms with E-state index >= 15 is 0 Å². The van der Waals surface area contributed by atoms with E-state index < -0.39 is 0 Å². The van der Waals surface area contributed by atoms with Crippen LogP contribution in [0.5, 0.6) is 0 Å². The number of allylic oxidation sites excluding steroid dienone is 1. The van der Waals surface area contributed by atoms with Gasteiger partial charge in [0.1, 0.15) is 0 Å². The summed E-state index contributed by atoms with van der Waals surface area (Å²) < 4.78 is 0. The van der Waals surface area contributed by atoms with Gasteiger partial charge in [-0.25, -0.2) is 0 Å². The maximum Gasteiger partial charge on any atom is 0.0553 e. The normalized spacial score (nSPS) is 10.9. The summed E-state index contributed by atoms with van der Waals surface area (Å²) in [6, 6.07) is 3.72. The van der Waals surface area contributed by atoms with Crippen LogP contribution in [0.2, 0.25) is 0 Å². The lowest BCUT2D eigenvalue weighted by Crippen LogP contribution is -1.96. The number of nitrogen functional groups attached to an aromatic ring is 2. The number of halogens is 1. The summed E-state index contributed by atoms with van der Waals surface area (Å²) >= 11 is 5.53. The van der Waals surface area contributed by atoms with Crippen molar-refractivity contribution in [3.8, 4) is 0 Å². The molecule has 0 radical (unpaired) electrons. The third-order valence-corrected chi connectivity index (χ3v) is 2.04. The maximum atomic E-state index is 5.67. The minimum atomic E-state index is 0.504.